The predicted octanol–water partition coefficient (Wildman–Crippen LogP) is -1.72. The van der Waals surface area contributed by atoms with Crippen LogP contribution in [0.4, 0.5) is 0 Å². The van der Waals surface area contributed by atoms with E-state index in [0.29, 0.717) is 0 Å². The van der Waals surface area contributed by atoms with Crippen molar-refractivity contribution in [3.05, 3.63) is 0 Å². The summed E-state index contributed by atoms with van der Waals surface area (Å²) < 4.78 is 0. The quantitative estimate of drug-likeness (QED) is 0.357. The predicted molar refractivity (Wildman–Crippen MR) is 39.3 cm³/mol. The van der Waals surface area contributed by atoms with Crippen molar-refractivity contribution in [3.8, 4) is 0 Å². The number of hydrogen-bond acceptors (Lipinski definition) is 0. The van der Waals surface area contributed by atoms with Crippen molar-refractivity contribution in [3.63, 3.8) is 0 Å². The third-order valence-corrected chi connectivity index (χ3v) is 0. The second-order valence-corrected chi connectivity index (χ2v) is 0. The van der Waals surface area contributed by atoms with Crippen LogP contribution in [0.2, 0.25) is 0 Å². The Balaban J connectivity index is 0. The van der Waals surface area contributed by atoms with Crippen molar-refractivity contribution in [1.29, 1.82) is 0 Å². The van der Waals surface area contributed by atoms with Crippen LogP contribution in [0.15, 0.2) is 0 Å². The summed E-state index contributed by atoms with van der Waals surface area (Å²) in [5.41, 5.74) is 0. The standard InChI is InChI=1S/Ga.In.2H3P.4H/h;;2*1H3;;;;. The van der Waals surface area contributed by atoms with Gasteiger partial charge in [0.1, 0.15) is 0 Å². The van der Waals surface area contributed by atoms with Gasteiger partial charge in [-0.2, -0.15) is 19.8 Å². The van der Waals surface area contributed by atoms with Gasteiger partial charge in [-0.3, -0.25) is 0 Å². The van der Waals surface area contributed by atoms with E-state index in [2.05, 4.69) is 0 Å². The van der Waals surface area contributed by atoms with Gasteiger partial charge in [0, 0.05) is 0 Å². The number of rotatable bonds is 0. The van der Waals surface area contributed by atoms with Gasteiger partial charge in [0.15, 0.2) is 0 Å². The molecule has 0 N–H and O–H groups in total. The molecule has 0 nitrogen and oxygen atoms in total. The minimum absolute atomic E-state index is 0. The van der Waals surface area contributed by atoms with Gasteiger partial charge in [-0.1, -0.05) is 0 Å². The average Bonchev–Trinajstić information content (AvgIpc) is 0. The third-order valence-electron chi connectivity index (χ3n) is 0. The molecule has 0 aliphatic carbocycles. The summed E-state index contributed by atoms with van der Waals surface area (Å²) >= 11 is 0. The van der Waals surface area contributed by atoms with Crippen LogP contribution in [0.25, 0.3) is 0 Å². The van der Waals surface area contributed by atoms with Gasteiger partial charge in [-0.05, 0) is 0 Å². The van der Waals surface area contributed by atoms with Crippen molar-refractivity contribution in [2.24, 2.45) is 0 Å². The van der Waals surface area contributed by atoms with E-state index in [1.807, 2.05) is 0 Å². The molecule has 26 valence electrons. The zero-order valence-electron chi connectivity index (χ0n) is 2.12. The van der Waals surface area contributed by atoms with Crippen LogP contribution in [0.5, 0.6) is 0 Å². The number of hydrogen-bond donors (Lipinski definition) is 0. The molecule has 0 heterocycles. The third kappa shape index (κ3) is 8.84. The van der Waals surface area contributed by atoms with Crippen LogP contribution in [-0.4, -0.2) is 45.6 Å². The molecule has 0 aliphatic heterocycles. The fourth-order valence-electron chi connectivity index (χ4n) is 0. The van der Waals surface area contributed by atoms with Crippen LogP contribution >= 0.6 is 19.8 Å². The molecule has 0 aromatic carbocycles. The minimum atomic E-state index is 0. The van der Waals surface area contributed by atoms with Gasteiger partial charge in [-0.15, -0.1) is 0 Å². The van der Waals surface area contributed by atoms with Crippen LogP contribution in [-0.2, 0) is 0 Å². The van der Waals surface area contributed by atoms with Gasteiger partial charge < -0.3 is 0 Å². The molecule has 2 radical (unpaired) electrons. The van der Waals surface area contributed by atoms with Gasteiger partial charge in [0.05, 0.1) is 0 Å². The molecule has 0 aromatic heterocycles. The molecule has 4 heavy (non-hydrogen) atoms. The van der Waals surface area contributed by atoms with Crippen LogP contribution in [0.1, 0.15) is 0 Å². The summed E-state index contributed by atoms with van der Waals surface area (Å²) in [6.07, 6.45) is 0. The molecule has 0 fully saturated rings. The molecule has 0 aliphatic rings. The van der Waals surface area contributed by atoms with Gasteiger partial charge in [0.25, 0.3) is 0 Å². The Labute approximate surface area is 65.0 Å². The van der Waals surface area contributed by atoms with E-state index in [-0.39, 0.29) is 65.4 Å². The zero-order chi connectivity index (χ0) is 0. The van der Waals surface area contributed by atoms with Crippen molar-refractivity contribution in [2.75, 3.05) is 0 Å². The molecule has 0 amide bonds. The summed E-state index contributed by atoms with van der Waals surface area (Å²) in [7, 11) is 0. The molecule has 0 aromatic rings. The summed E-state index contributed by atoms with van der Waals surface area (Å²) in [4.78, 5) is 0. The summed E-state index contributed by atoms with van der Waals surface area (Å²) in [6, 6.07) is 0. The molecular formula is H10GaInP2. The van der Waals surface area contributed by atoms with Crippen LogP contribution in [0, 0.1) is 0 Å². The Bertz CT molecular complexity index is 6.00. The monoisotopic (exact) mass is 256 g/mol. The molecule has 0 rings (SSSR count). The van der Waals surface area contributed by atoms with Crippen molar-refractivity contribution in [2.45, 2.75) is 0 Å². The van der Waals surface area contributed by atoms with Crippen molar-refractivity contribution < 1.29 is 0 Å². The molecule has 0 saturated heterocycles. The molecule has 0 spiro atoms. The van der Waals surface area contributed by atoms with E-state index in [0.717, 1.165) is 0 Å². The second-order valence-electron chi connectivity index (χ2n) is 0. The Morgan fingerprint density at radius 3 is 0.750 bits per heavy atom. The van der Waals surface area contributed by atoms with Crippen molar-refractivity contribution in [1.82, 2.24) is 0 Å². The van der Waals surface area contributed by atoms with E-state index in [4.69, 9.17) is 0 Å². The van der Waals surface area contributed by atoms with E-state index in [1.54, 1.807) is 0 Å². The molecule has 2 unspecified atom stereocenters. The fourth-order valence-corrected chi connectivity index (χ4v) is 0. The van der Waals surface area contributed by atoms with E-state index >= 15 is 0 Å². The molecular weight excluding hydrogens is 246 g/mol. The zero-order valence-corrected chi connectivity index (χ0v) is 8.99. The van der Waals surface area contributed by atoms with E-state index in [9.17, 15) is 0 Å². The van der Waals surface area contributed by atoms with Gasteiger partial charge in [0.2, 0.25) is 0 Å². The molecule has 0 saturated carbocycles. The topological polar surface area (TPSA) is 0 Å². The normalized spacial score (nSPS) is 0. The maximum absolute atomic E-state index is 0. The average molecular weight is 257 g/mol. The van der Waals surface area contributed by atoms with E-state index < -0.39 is 0 Å². The Morgan fingerprint density at radius 2 is 0.750 bits per heavy atom. The fraction of sp³-hybridized carbons (Fsp3) is 0. The molecule has 4 heteroatoms. The van der Waals surface area contributed by atoms with Gasteiger partial charge in [-0.25, -0.2) is 0 Å². The Hall–Kier alpha value is 2.37. The van der Waals surface area contributed by atoms with Crippen molar-refractivity contribution >= 4 is 65.4 Å². The van der Waals surface area contributed by atoms with Gasteiger partial charge >= 0.3 is 45.6 Å². The first-order valence-corrected chi connectivity index (χ1v) is 0. The first kappa shape index (κ1) is 32.7. The van der Waals surface area contributed by atoms with E-state index in [1.165, 1.54) is 0 Å². The maximum atomic E-state index is 0. The Morgan fingerprint density at radius 1 is 0.750 bits per heavy atom. The first-order valence-electron chi connectivity index (χ1n) is 0. The summed E-state index contributed by atoms with van der Waals surface area (Å²) in [5, 5.41) is 0. The second kappa shape index (κ2) is 18.3. The molecule has 2 atom stereocenters. The summed E-state index contributed by atoms with van der Waals surface area (Å²) in [5.74, 6) is 0. The summed E-state index contributed by atoms with van der Waals surface area (Å²) in [6.45, 7) is 0. The first-order chi connectivity index (χ1) is 0. The Kier molecular flexibility index (Phi) is 150. The van der Waals surface area contributed by atoms with Crippen LogP contribution in [0.3, 0.4) is 0 Å². The SMILES string of the molecule is P.P.[GaH3].[InH]. The molecule has 0 bridgehead atoms. The van der Waals surface area contributed by atoms with Crippen LogP contribution < -0.4 is 0 Å².